The van der Waals surface area contributed by atoms with Crippen molar-refractivity contribution in [2.24, 2.45) is 0 Å². The van der Waals surface area contributed by atoms with Gasteiger partial charge in [-0.3, -0.25) is 0 Å². The molecule has 1 heterocycles. The summed E-state index contributed by atoms with van der Waals surface area (Å²) in [6.07, 6.45) is 11.2. The van der Waals surface area contributed by atoms with Gasteiger partial charge in [0.05, 0.1) is 0 Å². The van der Waals surface area contributed by atoms with Gasteiger partial charge in [0.25, 0.3) is 0 Å². The second kappa shape index (κ2) is 8.97. The maximum Gasteiger partial charge on any atom is 0.225 e. The number of hydrogen-bond donors (Lipinski definition) is 0. The summed E-state index contributed by atoms with van der Waals surface area (Å²) in [5.41, 5.74) is 0. The minimum absolute atomic E-state index is 0.889. The molecule has 96 valence electrons. The third-order valence-corrected chi connectivity index (χ3v) is 2.90. The van der Waals surface area contributed by atoms with Crippen LogP contribution < -0.4 is 4.90 Å². The lowest BCUT2D eigenvalue weighted by Crippen LogP contribution is -2.27. The van der Waals surface area contributed by atoms with Crippen molar-refractivity contribution in [3.05, 3.63) is 18.5 Å². The normalized spacial score (nSPS) is 10.5. The zero-order valence-corrected chi connectivity index (χ0v) is 11.2. The first kappa shape index (κ1) is 13.9. The van der Waals surface area contributed by atoms with E-state index in [4.69, 9.17) is 0 Å². The van der Waals surface area contributed by atoms with Crippen LogP contribution in [-0.4, -0.2) is 23.1 Å². The van der Waals surface area contributed by atoms with Gasteiger partial charge in [-0.2, -0.15) is 0 Å². The van der Waals surface area contributed by atoms with E-state index < -0.39 is 0 Å². The van der Waals surface area contributed by atoms with Crippen LogP contribution in [0.3, 0.4) is 0 Å². The average molecular weight is 235 g/mol. The Labute approximate surface area is 105 Å². The van der Waals surface area contributed by atoms with Gasteiger partial charge in [-0.25, -0.2) is 9.97 Å². The highest BCUT2D eigenvalue weighted by Crippen LogP contribution is 2.09. The molecule has 0 saturated carbocycles. The molecule has 1 rings (SSSR count). The fraction of sp³-hybridized carbons (Fsp3) is 0.714. The van der Waals surface area contributed by atoms with Gasteiger partial charge in [0, 0.05) is 25.5 Å². The molecule has 0 aliphatic rings. The quantitative estimate of drug-likeness (QED) is 0.612. The van der Waals surface area contributed by atoms with E-state index in [9.17, 15) is 0 Å². The summed E-state index contributed by atoms with van der Waals surface area (Å²) >= 11 is 0. The van der Waals surface area contributed by atoms with Crippen LogP contribution in [0.4, 0.5) is 5.95 Å². The second-order valence-electron chi connectivity index (χ2n) is 4.45. The SMILES string of the molecule is CCCCCN(CCCCC)c1ncccn1. The maximum atomic E-state index is 4.35. The smallest absolute Gasteiger partial charge is 0.225 e. The van der Waals surface area contributed by atoms with Crippen LogP contribution in [0.15, 0.2) is 18.5 Å². The summed E-state index contributed by atoms with van der Waals surface area (Å²) < 4.78 is 0. The van der Waals surface area contributed by atoms with E-state index >= 15 is 0 Å². The summed E-state index contributed by atoms with van der Waals surface area (Å²) in [6, 6.07) is 1.87. The molecule has 0 atom stereocenters. The van der Waals surface area contributed by atoms with Crippen LogP contribution >= 0.6 is 0 Å². The Hall–Kier alpha value is -1.12. The average Bonchev–Trinajstić information content (AvgIpc) is 2.38. The number of anilines is 1. The molecule has 0 unspecified atom stereocenters. The largest absolute Gasteiger partial charge is 0.341 e. The monoisotopic (exact) mass is 235 g/mol. The van der Waals surface area contributed by atoms with Gasteiger partial charge in [-0.15, -0.1) is 0 Å². The third kappa shape index (κ3) is 5.66. The number of rotatable bonds is 9. The standard InChI is InChI=1S/C14H25N3/c1-3-5-7-12-17(13-8-6-4-2)14-15-10-9-11-16-14/h9-11H,3-8,12-13H2,1-2H3. The van der Waals surface area contributed by atoms with Crippen molar-refractivity contribution in [2.45, 2.75) is 52.4 Å². The molecule has 1 aromatic heterocycles. The minimum atomic E-state index is 0.889. The highest BCUT2D eigenvalue weighted by Gasteiger charge is 2.07. The summed E-state index contributed by atoms with van der Waals surface area (Å²) in [5, 5.41) is 0. The molecule has 0 spiro atoms. The molecular weight excluding hydrogens is 210 g/mol. The van der Waals surface area contributed by atoms with Crippen molar-refractivity contribution in [1.29, 1.82) is 0 Å². The second-order valence-corrected chi connectivity index (χ2v) is 4.45. The predicted molar refractivity (Wildman–Crippen MR) is 73.3 cm³/mol. The molecule has 17 heavy (non-hydrogen) atoms. The van der Waals surface area contributed by atoms with Gasteiger partial charge < -0.3 is 4.90 Å². The minimum Gasteiger partial charge on any atom is -0.341 e. The Morgan fingerprint density at radius 2 is 1.41 bits per heavy atom. The Morgan fingerprint density at radius 3 is 1.88 bits per heavy atom. The Bertz CT molecular complexity index is 264. The summed E-state index contributed by atoms with van der Waals surface area (Å²) in [7, 11) is 0. The maximum absolute atomic E-state index is 4.35. The van der Waals surface area contributed by atoms with Crippen molar-refractivity contribution in [2.75, 3.05) is 18.0 Å². The molecule has 3 nitrogen and oxygen atoms in total. The van der Waals surface area contributed by atoms with Crippen molar-refractivity contribution in [3.8, 4) is 0 Å². The van der Waals surface area contributed by atoms with Crippen LogP contribution in [0, 0.1) is 0 Å². The van der Waals surface area contributed by atoms with E-state index in [0.717, 1.165) is 19.0 Å². The topological polar surface area (TPSA) is 29.0 Å². The van der Waals surface area contributed by atoms with Crippen molar-refractivity contribution >= 4 is 5.95 Å². The number of unbranched alkanes of at least 4 members (excludes halogenated alkanes) is 4. The van der Waals surface area contributed by atoms with E-state index in [2.05, 4.69) is 28.7 Å². The molecule has 0 saturated heterocycles. The van der Waals surface area contributed by atoms with Gasteiger partial charge in [-0.05, 0) is 18.9 Å². The Kier molecular flexibility index (Phi) is 7.35. The van der Waals surface area contributed by atoms with E-state index in [0.29, 0.717) is 0 Å². The molecule has 0 aliphatic heterocycles. The van der Waals surface area contributed by atoms with Gasteiger partial charge in [0.1, 0.15) is 0 Å². The van der Waals surface area contributed by atoms with Crippen molar-refractivity contribution in [3.63, 3.8) is 0 Å². The fourth-order valence-electron chi connectivity index (χ4n) is 1.87. The zero-order chi connectivity index (χ0) is 12.3. The van der Waals surface area contributed by atoms with E-state index in [-0.39, 0.29) is 0 Å². The summed E-state index contributed by atoms with van der Waals surface area (Å²) in [6.45, 7) is 6.64. The predicted octanol–water partition coefficient (Wildman–Crippen LogP) is 3.66. The lowest BCUT2D eigenvalue weighted by atomic mass is 10.2. The van der Waals surface area contributed by atoms with Crippen molar-refractivity contribution < 1.29 is 0 Å². The van der Waals surface area contributed by atoms with E-state index in [1.165, 1.54) is 38.5 Å². The first-order valence-corrected chi connectivity index (χ1v) is 6.90. The lowest BCUT2D eigenvalue weighted by molar-refractivity contribution is 0.626. The Balaban J connectivity index is 2.46. The summed E-state index contributed by atoms with van der Waals surface area (Å²) in [4.78, 5) is 11.0. The molecule has 0 fully saturated rings. The van der Waals surface area contributed by atoms with Crippen LogP contribution in [0.25, 0.3) is 0 Å². The molecule has 0 aliphatic carbocycles. The fourth-order valence-corrected chi connectivity index (χ4v) is 1.87. The van der Waals surface area contributed by atoms with Crippen LogP contribution in [0.1, 0.15) is 52.4 Å². The van der Waals surface area contributed by atoms with Crippen LogP contribution in [-0.2, 0) is 0 Å². The lowest BCUT2D eigenvalue weighted by Gasteiger charge is -2.22. The molecular formula is C14H25N3. The van der Waals surface area contributed by atoms with Crippen molar-refractivity contribution in [1.82, 2.24) is 9.97 Å². The first-order chi connectivity index (χ1) is 8.38. The first-order valence-electron chi connectivity index (χ1n) is 6.90. The van der Waals surface area contributed by atoms with Gasteiger partial charge >= 0.3 is 0 Å². The number of aromatic nitrogens is 2. The van der Waals surface area contributed by atoms with Crippen LogP contribution in [0.2, 0.25) is 0 Å². The number of hydrogen-bond acceptors (Lipinski definition) is 3. The Morgan fingerprint density at radius 1 is 0.882 bits per heavy atom. The van der Waals surface area contributed by atoms with Gasteiger partial charge in [-0.1, -0.05) is 39.5 Å². The molecule has 0 N–H and O–H groups in total. The molecule has 1 aromatic rings. The summed E-state index contributed by atoms with van der Waals surface area (Å²) in [5.74, 6) is 0.889. The molecule has 0 bridgehead atoms. The highest BCUT2D eigenvalue weighted by molar-refractivity contribution is 5.27. The van der Waals surface area contributed by atoms with Crippen LogP contribution in [0.5, 0.6) is 0 Å². The molecule has 0 radical (unpaired) electrons. The molecule has 3 heteroatoms. The van der Waals surface area contributed by atoms with Gasteiger partial charge in [0.2, 0.25) is 5.95 Å². The molecule has 0 aromatic carbocycles. The molecule has 0 amide bonds. The zero-order valence-electron chi connectivity index (χ0n) is 11.2. The number of nitrogens with zero attached hydrogens (tertiary/aromatic N) is 3. The third-order valence-electron chi connectivity index (χ3n) is 2.90. The van der Waals surface area contributed by atoms with E-state index in [1.54, 1.807) is 0 Å². The highest BCUT2D eigenvalue weighted by atomic mass is 15.2. The van der Waals surface area contributed by atoms with Gasteiger partial charge in [0.15, 0.2) is 0 Å². The van der Waals surface area contributed by atoms with E-state index in [1.807, 2.05) is 18.5 Å².